The maximum Gasteiger partial charge on any atom is 0.167 e. The van der Waals surface area contributed by atoms with Crippen LogP contribution in [-0.4, -0.2) is 5.78 Å². The predicted octanol–water partition coefficient (Wildman–Crippen LogP) is 3.33. The molecule has 0 N–H and O–H groups in total. The van der Waals surface area contributed by atoms with Gasteiger partial charge in [0.1, 0.15) is 23.5 Å². The first-order valence-corrected chi connectivity index (χ1v) is 6.38. The smallest absolute Gasteiger partial charge is 0.167 e. The Morgan fingerprint density at radius 3 is 2.45 bits per heavy atom. The van der Waals surface area contributed by atoms with Crippen LogP contribution in [0.25, 0.3) is 11.0 Å². The third-order valence-corrected chi connectivity index (χ3v) is 3.70. The number of furan rings is 1. The molecule has 0 atom stereocenters. The summed E-state index contributed by atoms with van der Waals surface area (Å²) in [6.45, 7) is 4.06. The molecule has 0 radical (unpaired) electrons. The topological polar surface area (TPSA) is 77.8 Å². The summed E-state index contributed by atoms with van der Waals surface area (Å²) in [4.78, 5) is 12.3. The van der Waals surface area contributed by atoms with E-state index >= 15 is 0 Å². The Morgan fingerprint density at radius 1 is 1.15 bits per heavy atom. The molecule has 1 heterocycles. The number of fused-ring (bicyclic) bond motifs is 3. The number of Topliss-reactive ketones (excluding diaryl/α,β-unsaturated/α-hetero) is 1. The van der Waals surface area contributed by atoms with Crippen molar-refractivity contribution >= 4 is 16.8 Å². The molecule has 4 heteroatoms. The van der Waals surface area contributed by atoms with E-state index in [0.717, 1.165) is 0 Å². The lowest BCUT2D eigenvalue weighted by Gasteiger charge is -2.27. The van der Waals surface area contributed by atoms with Gasteiger partial charge in [-0.05, 0) is 11.5 Å². The molecular weight excluding hydrogens is 252 g/mol. The number of rotatable bonds is 0. The van der Waals surface area contributed by atoms with Crippen molar-refractivity contribution < 1.29 is 9.21 Å². The standard InChI is InChI=1S/C16H12N2O2/c1-16(2)5-12(19)15-11-3-9(7-17)10(8-18)4-13(11)20-14(15)6-16/h3-4H,5-6H2,1-2H3. The van der Waals surface area contributed by atoms with Crippen LogP contribution >= 0.6 is 0 Å². The van der Waals surface area contributed by atoms with Gasteiger partial charge in [-0.25, -0.2) is 0 Å². The van der Waals surface area contributed by atoms with Gasteiger partial charge in [0.2, 0.25) is 0 Å². The fourth-order valence-corrected chi connectivity index (χ4v) is 2.83. The summed E-state index contributed by atoms with van der Waals surface area (Å²) in [6.07, 6.45) is 1.16. The van der Waals surface area contributed by atoms with E-state index in [2.05, 4.69) is 0 Å². The first-order valence-electron chi connectivity index (χ1n) is 6.38. The lowest BCUT2D eigenvalue weighted by atomic mass is 9.76. The lowest BCUT2D eigenvalue weighted by Crippen LogP contribution is -2.25. The average molecular weight is 264 g/mol. The van der Waals surface area contributed by atoms with Gasteiger partial charge in [0.25, 0.3) is 0 Å². The van der Waals surface area contributed by atoms with Crippen molar-refractivity contribution in [2.24, 2.45) is 5.41 Å². The minimum Gasteiger partial charge on any atom is -0.460 e. The summed E-state index contributed by atoms with van der Waals surface area (Å²) in [5, 5.41) is 18.8. The molecule has 0 saturated heterocycles. The highest BCUT2D eigenvalue weighted by Crippen LogP contribution is 2.40. The van der Waals surface area contributed by atoms with Gasteiger partial charge >= 0.3 is 0 Å². The third-order valence-electron chi connectivity index (χ3n) is 3.70. The summed E-state index contributed by atoms with van der Waals surface area (Å²) in [6, 6.07) is 7.11. The highest BCUT2D eigenvalue weighted by molar-refractivity contribution is 6.09. The van der Waals surface area contributed by atoms with E-state index in [9.17, 15) is 4.79 Å². The molecular formula is C16H12N2O2. The van der Waals surface area contributed by atoms with Crippen molar-refractivity contribution in [3.8, 4) is 12.1 Å². The Kier molecular flexibility index (Phi) is 2.46. The molecule has 3 rings (SSSR count). The zero-order valence-electron chi connectivity index (χ0n) is 11.3. The van der Waals surface area contributed by atoms with Crippen molar-refractivity contribution in [3.63, 3.8) is 0 Å². The minimum atomic E-state index is -0.117. The molecule has 4 nitrogen and oxygen atoms in total. The van der Waals surface area contributed by atoms with Crippen LogP contribution in [0.5, 0.6) is 0 Å². The number of carbonyl (C=O) groups excluding carboxylic acids is 1. The van der Waals surface area contributed by atoms with Crippen molar-refractivity contribution in [2.45, 2.75) is 26.7 Å². The van der Waals surface area contributed by atoms with Crippen LogP contribution in [0.4, 0.5) is 0 Å². The number of nitriles is 2. The minimum absolute atomic E-state index is 0.0450. The van der Waals surface area contributed by atoms with Gasteiger partial charge in [0.15, 0.2) is 5.78 Å². The van der Waals surface area contributed by atoms with Crippen LogP contribution in [0.3, 0.4) is 0 Å². The van der Waals surface area contributed by atoms with Gasteiger partial charge in [0.05, 0.1) is 16.7 Å². The molecule has 0 amide bonds. The van der Waals surface area contributed by atoms with Crippen molar-refractivity contribution in [2.75, 3.05) is 0 Å². The van der Waals surface area contributed by atoms with Crippen LogP contribution in [0, 0.1) is 28.1 Å². The van der Waals surface area contributed by atoms with Crippen LogP contribution in [-0.2, 0) is 6.42 Å². The molecule has 0 aliphatic heterocycles. The Hall–Kier alpha value is -2.59. The normalized spacial score (nSPS) is 16.5. The van der Waals surface area contributed by atoms with Crippen molar-refractivity contribution in [1.29, 1.82) is 10.5 Å². The number of carbonyl (C=O) groups is 1. The Bertz CT molecular complexity index is 829. The second kappa shape index (κ2) is 3.95. The van der Waals surface area contributed by atoms with Crippen molar-refractivity contribution in [1.82, 2.24) is 0 Å². The second-order valence-corrected chi connectivity index (χ2v) is 5.96. The molecule has 0 spiro atoms. The maximum absolute atomic E-state index is 12.3. The number of ketones is 1. The second-order valence-electron chi connectivity index (χ2n) is 5.96. The summed E-state index contributed by atoms with van der Waals surface area (Å²) in [7, 11) is 0. The predicted molar refractivity (Wildman–Crippen MR) is 72.1 cm³/mol. The summed E-state index contributed by atoms with van der Waals surface area (Å²) < 4.78 is 5.76. The molecule has 1 aromatic heterocycles. The molecule has 1 aromatic carbocycles. The zero-order valence-corrected chi connectivity index (χ0v) is 11.3. The largest absolute Gasteiger partial charge is 0.460 e. The van der Waals surface area contributed by atoms with Crippen LogP contribution in [0.2, 0.25) is 0 Å². The molecule has 0 bridgehead atoms. The van der Waals surface area contributed by atoms with Crippen LogP contribution in [0.15, 0.2) is 16.5 Å². The van der Waals surface area contributed by atoms with Gasteiger partial charge in [-0.1, -0.05) is 13.8 Å². The third kappa shape index (κ3) is 1.70. The van der Waals surface area contributed by atoms with Gasteiger partial charge in [-0.15, -0.1) is 0 Å². The summed E-state index contributed by atoms with van der Waals surface area (Å²) >= 11 is 0. The number of hydrogen-bond donors (Lipinski definition) is 0. The first kappa shape index (κ1) is 12.4. The molecule has 2 aromatic rings. The highest BCUT2D eigenvalue weighted by atomic mass is 16.3. The first-order chi connectivity index (χ1) is 9.45. The quantitative estimate of drug-likeness (QED) is 0.731. The maximum atomic E-state index is 12.3. The van der Waals surface area contributed by atoms with Crippen LogP contribution in [0.1, 0.15) is 47.5 Å². The average Bonchev–Trinajstić information content (AvgIpc) is 2.72. The number of benzene rings is 1. The van der Waals surface area contributed by atoms with E-state index in [1.165, 1.54) is 0 Å². The zero-order chi connectivity index (χ0) is 14.5. The van der Waals surface area contributed by atoms with E-state index in [1.54, 1.807) is 12.1 Å². The van der Waals surface area contributed by atoms with Crippen LogP contribution < -0.4 is 0 Å². The highest BCUT2D eigenvalue weighted by Gasteiger charge is 2.35. The Labute approximate surface area is 116 Å². The van der Waals surface area contributed by atoms with Gasteiger partial charge in [-0.3, -0.25) is 4.79 Å². The Balaban J connectivity index is 2.33. The molecule has 0 fully saturated rings. The monoisotopic (exact) mass is 264 g/mol. The van der Waals surface area contributed by atoms with Gasteiger partial charge in [-0.2, -0.15) is 10.5 Å². The van der Waals surface area contributed by atoms with E-state index in [1.807, 2.05) is 26.0 Å². The number of hydrogen-bond acceptors (Lipinski definition) is 4. The van der Waals surface area contributed by atoms with E-state index < -0.39 is 0 Å². The van der Waals surface area contributed by atoms with E-state index in [0.29, 0.717) is 35.1 Å². The molecule has 1 aliphatic rings. The van der Waals surface area contributed by atoms with Gasteiger partial charge in [0, 0.05) is 24.3 Å². The molecule has 98 valence electrons. The SMILES string of the molecule is CC1(C)CC(=O)c2c(oc3cc(C#N)c(C#N)cc23)C1. The van der Waals surface area contributed by atoms with Crippen molar-refractivity contribution in [3.05, 3.63) is 34.6 Å². The van der Waals surface area contributed by atoms with E-state index in [-0.39, 0.29) is 22.3 Å². The number of nitrogens with zero attached hydrogens (tertiary/aromatic N) is 2. The van der Waals surface area contributed by atoms with Gasteiger partial charge < -0.3 is 4.42 Å². The molecule has 0 unspecified atom stereocenters. The fourth-order valence-electron chi connectivity index (χ4n) is 2.83. The Morgan fingerprint density at radius 2 is 1.80 bits per heavy atom. The molecule has 0 saturated carbocycles. The lowest BCUT2D eigenvalue weighted by molar-refractivity contribution is 0.0906. The fraction of sp³-hybridized carbons (Fsp3) is 0.312. The van der Waals surface area contributed by atoms with E-state index in [4.69, 9.17) is 14.9 Å². The molecule has 1 aliphatic carbocycles. The molecule has 20 heavy (non-hydrogen) atoms. The summed E-state index contributed by atoms with van der Waals surface area (Å²) in [5.41, 5.74) is 1.53. The summed E-state index contributed by atoms with van der Waals surface area (Å²) in [5.74, 6) is 0.712.